The van der Waals surface area contributed by atoms with Crippen molar-refractivity contribution in [3.8, 4) is 11.3 Å². The lowest BCUT2D eigenvalue weighted by Gasteiger charge is -2.11. The lowest BCUT2D eigenvalue weighted by atomic mass is 10.1. The fourth-order valence-corrected chi connectivity index (χ4v) is 4.23. The number of nitrogens with one attached hydrogen (secondary N) is 3. The molecule has 31 heavy (non-hydrogen) atoms. The van der Waals surface area contributed by atoms with Gasteiger partial charge in [0.15, 0.2) is 15.5 Å². The summed E-state index contributed by atoms with van der Waals surface area (Å²) >= 11 is 0. The van der Waals surface area contributed by atoms with Crippen LogP contribution in [0.15, 0.2) is 35.4 Å². The molecule has 0 unspecified atom stereocenters. The summed E-state index contributed by atoms with van der Waals surface area (Å²) in [4.78, 5) is 13.2. The summed E-state index contributed by atoms with van der Waals surface area (Å²) in [5.74, 6) is 0.292. The van der Waals surface area contributed by atoms with Gasteiger partial charge in [0.2, 0.25) is 5.95 Å². The van der Waals surface area contributed by atoms with Crippen molar-refractivity contribution >= 4 is 38.3 Å². The van der Waals surface area contributed by atoms with E-state index < -0.39 is 15.7 Å². The predicted octanol–water partition coefficient (Wildman–Crippen LogP) is 3.36. The second kappa shape index (κ2) is 7.58. The smallest absolute Gasteiger partial charge is 0.229 e. The van der Waals surface area contributed by atoms with Crippen molar-refractivity contribution in [1.82, 2.24) is 25.1 Å². The first-order valence-electron chi connectivity index (χ1n) is 9.31. The number of fused-ring (bicyclic) bond motifs is 1. The molecule has 11 heteroatoms. The Hall–Kier alpha value is -3.60. The zero-order chi connectivity index (χ0) is 22.3. The average Bonchev–Trinajstić information content (AvgIpc) is 3.11. The molecule has 0 saturated heterocycles. The molecule has 4 rings (SSSR count). The Morgan fingerprint density at radius 1 is 1.13 bits per heavy atom. The normalized spacial score (nSPS) is 11.6. The number of nitrogens with zero attached hydrogens (tertiary/aromatic N) is 4. The van der Waals surface area contributed by atoms with Crippen molar-refractivity contribution in [2.24, 2.45) is 0 Å². The van der Waals surface area contributed by atoms with Crippen LogP contribution in [0.4, 0.5) is 21.8 Å². The van der Waals surface area contributed by atoms with Gasteiger partial charge in [0.25, 0.3) is 0 Å². The summed E-state index contributed by atoms with van der Waals surface area (Å²) < 4.78 is 38.0. The van der Waals surface area contributed by atoms with Crippen molar-refractivity contribution in [1.29, 1.82) is 0 Å². The standard InChI is InChI=1S/C20H20FN7O2S/c1-10-5-6-12(7-16(10)31(4,29)30)25-20-23-9-14(18(22-3)26-20)17-13-8-15(21)11(2)24-19(13)28-27-17/h5-9H,1-4H3,(H,24,27,28)(H2,22,23,25,26). The Morgan fingerprint density at radius 3 is 2.61 bits per heavy atom. The molecule has 0 amide bonds. The minimum Gasteiger partial charge on any atom is -0.372 e. The van der Waals surface area contributed by atoms with E-state index in [2.05, 4.69) is 35.8 Å². The number of aryl methyl sites for hydroxylation is 2. The Bertz CT molecular complexity index is 1420. The number of rotatable bonds is 5. The Balaban J connectivity index is 1.73. The van der Waals surface area contributed by atoms with Crippen LogP contribution in [0.2, 0.25) is 0 Å². The molecule has 3 heterocycles. The van der Waals surface area contributed by atoms with E-state index in [-0.39, 0.29) is 16.5 Å². The maximum Gasteiger partial charge on any atom is 0.229 e. The van der Waals surface area contributed by atoms with Gasteiger partial charge in [-0.3, -0.25) is 5.10 Å². The van der Waals surface area contributed by atoms with Crippen LogP contribution in [0.5, 0.6) is 0 Å². The van der Waals surface area contributed by atoms with Crippen LogP contribution in [0.1, 0.15) is 11.3 Å². The van der Waals surface area contributed by atoms with Crippen LogP contribution in [0, 0.1) is 19.7 Å². The number of aromatic nitrogens is 5. The van der Waals surface area contributed by atoms with Gasteiger partial charge < -0.3 is 10.6 Å². The second-order valence-electron chi connectivity index (χ2n) is 7.11. The zero-order valence-electron chi connectivity index (χ0n) is 17.3. The van der Waals surface area contributed by atoms with E-state index in [9.17, 15) is 12.8 Å². The molecule has 9 nitrogen and oxygen atoms in total. The number of sulfone groups is 1. The highest BCUT2D eigenvalue weighted by atomic mass is 32.2. The topological polar surface area (TPSA) is 126 Å². The third-order valence-electron chi connectivity index (χ3n) is 4.80. The van der Waals surface area contributed by atoms with E-state index in [1.165, 1.54) is 6.07 Å². The molecule has 0 bridgehead atoms. The minimum atomic E-state index is -3.37. The number of hydrogen-bond donors (Lipinski definition) is 3. The van der Waals surface area contributed by atoms with Crippen LogP contribution >= 0.6 is 0 Å². The summed E-state index contributed by atoms with van der Waals surface area (Å²) in [5, 5.41) is 13.6. The highest BCUT2D eigenvalue weighted by Gasteiger charge is 2.17. The van der Waals surface area contributed by atoms with Crippen LogP contribution in [-0.2, 0) is 9.84 Å². The van der Waals surface area contributed by atoms with E-state index in [0.29, 0.717) is 39.4 Å². The molecule has 0 radical (unpaired) electrons. The predicted molar refractivity (Wildman–Crippen MR) is 117 cm³/mol. The van der Waals surface area contributed by atoms with Crippen LogP contribution in [0.3, 0.4) is 0 Å². The van der Waals surface area contributed by atoms with Gasteiger partial charge in [-0.25, -0.2) is 22.8 Å². The first-order chi connectivity index (χ1) is 14.7. The third kappa shape index (κ3) is 3.91. The molecular weight excluding hydrogens is 421 g/mol. The summed E-state index contributed by atoms with van der Waals surface area (Å²) in [5.41, 5.74) is 2.96. The van der Waals surface area contributed by atoms with Crippen molar-refractivity contribution in [2.75, 3.05) is 23.9 Å². The zero-order valence-corrected chi connectivity index (χ0v) is 18.1. The third-order valence-corrected chi connectivity index (χ3v) is 6.04. The van der Waals surface area contributed by atoms with Gasteiger partial charge in [-0.1, -0.05) is 6.07 Å². The van der Waals surface area contributed by atoms with E-state index in [1.807, 2.05) is 0 Å². The molecule has 0 aliphatic heterocycles. The molecule has 0 atom stereocenters. The summed E-state index contributed by atoms with van der Waals surface area (Å²) in [6.45, 7) is 3.32. The van der Waals surface area contributed by atoms with E-state index in [0.717, 1.165) is 6.26 Å². The number of pyridine rings is 1. The molecule has 160 valence electrons. The highest BCUT2D eigenvalue weighted by molar-refractivity contribution is 7.90. The van der Waals surface area contributed by atoms with Gasteiger partial charge >= 0.3 is 0 Å². The van der Waals surface area contributed by atoms with Gasteiger partial charge in [0.05, 0.1) is 16.2 Å². The fraction of sp³-hybridized carbons (Fsp3) is 0.200. The van der Waals surface area contributed by atoms with Crippen molar-refractivity contribution < 1.29 is 12.8 Å². The summed E-state index contributed by atoms with van der Waals surface area (Å²) in [6.07, 6.45) is 2.72. The van der Waals surface area contributed by atoms with Gasteiger partial charge in [0, 0.05) is 30.6 Å². The van der Waals surface area contributed by atoms with E-state index in [1.54, 1.807) is 45.3 Å². The molecule has 3 aromatic heterocycles. The number of halogens is 1. The Labute approximate surface area is 178 Å². The van der Waals surface area contributed by atoms with Gasteiger partial charge in [-0.15, -0.1) is 0 Å². The lowest BCUT2D eigenvalue weighted by molar-refractivity contribution is 0.601. The SMILES string of the molecule is CNc1nc(Nc2ccc(C)c(S(C)(=O)=O)c2)ncc1-c1n[nH]c2nc(C)c(F)cc12. The molecule has 0 aliphatic rings. The maximum absolute atomic E-state index is 14.1. The first-order valence-corrected chi connectivity index (χ1v) is 11.2. The van der Waals surface area contributed by atoms with Crippen LogP contribution < -0.4 is 10.6 Å². The largest absolute Gasteiger partial charge is 0.372 e. The van der Waals surface area contributed by atoms with Crippen LogP contribution in [-0.4, -0.2) is 46.9 Å². The lowest BCUT2D eigenvalue weighted by Crippen LogP contribution is -2.05. The molecule has 4 aromatic rings. The number of anilines is 3. The minimum absolute atomic E-state index is 0.232. The molecule has 0 aliphatic carbocycles. The van der Waals surface area contributed by atoms with Gasteiger partial charge in [0.1, 0.15) is 17.3 Å². The van der Waals surface area contributed by atoms with Crippen LogP contribution in [0.25, 0.3) is 22.3 Å². The quantitative estimate of drug-likeness (QED) is 0.430. The van der Waals surface area contributed by atoms with Gasteiger partial charge in [-0.05, 0) is 37.6 Å². The van der Waals surface area contributed by atoms with Crippen molar-refractivity contribution in [3.63, 3.8) is 0 Å². The highest BCUT2D eigenvalue weighted by Crippen LogP contribution is 2.31. The molecule has 3 N–H and O–H groups in total. The Kier molecular flexibility index (Phi) is 5.05. The molecular formula is C20H20FN7O2S. The van der Waals surface area contributed by atoms with E-state index >= 15 is 0 Å². The monoisotopic (exact) mass is 441 g/mol. The maximum atomic E-state index is 14.1. The van der Waals surface area contributed by atoms with E-state index in [4.69, 9.17) is 0 Å². The summed E-state index contributed by atoms with van der Waals surface area (Å²) in [6, 6.07) is 6.38. The van der Waals surface area contributed by atoms with Crippen molar-refractivity contribution in [3.05, 3.63) is 47.5 Å². The fourth-order valence-electron chi connectivity index (χ4n) is 3.23. The number of benzene rings is 1. The molecule has 1 aromatic carbocycles. The number of aromatic amines is 1. The molecule has 0 fully saturated rings. The Morgan fingerprint density at radius 2 is 1.90 bits per heavy atom. The first kappa shape index (κ1) is 20.7. The number of hydrogen-bond acceptors (Lipinski definition) is 8. The molecule has 0 spiro atoms. The van der Waals surface area contributed by atoms with Crippen molar-refractivity contribution in [2.45, 2.75) is 18.7 Å². The second-order valence-corrected chi connectivity index (χ2v) is 9.09. The van der Waals surface area contributed by atoms with Gasteiger partial charge in [-0.2, -0.15) is 10.1 Å². The summed E-state index contributed by atoms with van der Waals surface area (Å²) in [7, 11) is -1.67. The molecule has 0 saturated carbocycles. The average molecular weight is 441 g/mol. The number of H-pyrrole nitrogens is 1.